The maximum absolute atomic E-state index is 11.9. The number of carboxylic acids is 1. The molecule has 1 aromatic carbocycles. The third-order valence-corrected chi connectivity index (χ3v) is 3.15. The van der Waals surface area contributed by atoms with Crippen LogP contribution in [-0.2, 0) is 16.1 Å². The Balaban J connectivity index is 2.01. The van der Waals surface area contributed by atoms with Crippen LogP contribution < -0.4 is 5.32 Å². The SMILES string of the molecule is O=C(CCn1ccnn1)N[C@@H](C(=O)O)c1ccccc1Cl. The van der Waals surface area contributed by atoms with Crippen LogP contribution in [0, 0.1) is 0 Å². The average molecular weight is 309 g/mol. The first-order chi connectivity index (χ1) is 10.1. The summed E-state index contributed by atoms with van der Waals surface area (Å²) in [6.45, 7) is 0.320. The normalized spacial score (nSPS) is 11.9. The van der Waals surface area contributed by atoms with Gasteiger partial charge in [-0.25, -0.2) is 4.79 Å². The van der Waals surface area contributed by atoms with E-state index in [1.807, 2.05) is 0 Å². The number of rotatable bonds is 6. The molecule has 2 rings (SSSR count). The Kier molecular flexibility index (Phi) is 4.89. The zero-order valence-electron chi connectivity index (χ0n) is 10.9. The molecule has 8 heteroatoms. The van der Waals surface area contributed by atoms with Gasteiger partial charge in [0, 0.05) is 23.2 Å². The highest BCUT2D eigenvalue weighted by atomic mass is 35.5. The monoisotopic (exact) mass is 308 g/mol. The lowest BCUT2D eigenvalue weighted by Gasteiger charge is -2.16. The molecule has 0 radical (unpaired) electrons. The van der Waals surface area contributed by atoms with E-state index in [2.05, 4.69) is 15.6 Å². The van der Waals surface area contributed by atoms with E-state index in [0.717, 1.165) is 0 Å². The molecule has 0 fully saturated rings. The molecule has 1 amide bonds. The number of carbonyl (C=O) groups is 2. The number of aryl methyl sites for hydroxylation is 1. The van der Waals surface area contributed by atoms with Gasteiger partial charge in [-0.05, 0) is 6.07 Å². The van der Waals surface area contributed by atoms with Crippen LogP contribution in [0.3, 0.4) is 0 Å². The molecule has 110 valence electrons. The van der Waals surface area contributed by atoms with Gasteiger partial charge in [0.15, 0.2) is 6.04 Å². The largest absolute Gasteiger partial charge is 0.479 e. The van der Waals surface area contributed by atoms with Gasteiger partial charge in [0.05, 0.1) is 12.7 Å². The molecule has 0 spiro atoms. The van der Waals surface area contributed by atoms with Crippen molar-refractivity contribution in [3.8, 4) is 0 Å². The standard InChI is InChI=1S/C13H13ClN4O3/c14-10-4-2-1-3-9(10)12(13(20)21)16-11(19)5-7-18-8-6-15-17-18/h1-4,6,8,12H,5,7H2,(H,16,19)(H,20,21)/t12-/m1/s1. The molecule has 7 nitrogen and oxygen atoms in total. The fraction of sp³-hybridized carbons (Fsp3) is 0.231. The third kappa shape index (κ3) is 4.03. The summed E-state index contributed by atoms with van der Waals surface area (Å²) in [5.41, 5.74) is 0.348. The lowest BCUT2D eigenvalue weighted by atomic mass is 10.1. The summed E-state index contributed by atoms with van der Waals surface area (Å²) in [4.78, 5) is 23.2. The number of aliphatic carboxylic acids is 1. The second kappa shape index (κ2) is 6.85. The number of amides is 1. The number of benzene rings is 1. The molecule has 2 aromatic rings. The first kappa shape index (κ1) is 15.0. The van der Waals surface area contributed by atoms with Gasteiger partial charge in [0.25, 0.3) is 0 Å². The Bertz CT molecular complexity index is 630. The Hall–Kier alpha value is -2.41. The van der Waals surface area contributed by atoms with Gasteiger partial charge in [0.1, 0.15) is 0 Å². The summed E-state index contributed by atoms with van der Waals surface area (Å²) in [5.74, 6) is -1.57. The molecule has 0 saturated carbocycles. The highest BCUT2D eigenvalue weighted by Crippen LogP contribution is 2.22. The molecule has 0 saturated heterocycles. The third-order valence-electron chi connectivity index (χ3n) is 2.81. The first-order valence-electron chi connectivity index (χ1n) is 6.18. The van der Waals surface area contributed by atoms with E-state index in [4.69, 9.17) is 11.6 Å². The molecule has 1 aromatic heterocycles. The lowest BCUT2D eigenvalue weighted by molar-refractivity contribution is -0.142. The van der Waals surface area contributed by atoms with E-state index in [1.165, 1.54) is 10.9 Å². The van der Waals surface area contributed by atoms with Crippen molar-refractivity contribution in [2.24, 2.45) is 0 Å². The molecule has 2 N–H and O–H groups in total. The molecular formula is C13H13ClN4O3. The van der Waals surface area contributed by atoms with Crippen molar-refractivity contribution in [1.82, 2.24) is 20.3 Å². The van der Waals surface area contributed by atoms with Crippen LogP contribution in [0.25, 0.3) is 0 Å². The predicted molar refractivity (Wildman–Crippen MR) is 74.6 cm³/mol. The summed E-state index contributed by atoms with van der Waals surface area (Å²) in [5, 5.41) is 19.3. The lowest BCUT2D eigenvalue weighted by Crippen LogP contribution is -2.34. The smallest absolute Gasteiger partial charge is 0.330 e. The van der Waals surface area contributed by atoms with Gasteiger partial charge in [0.2, 0.25) is 5.91 Å². The van der Waals surface area contributed by atoms with Gasteiger partial charge >= 0.3 is 5.97 Å². The number of nitrogens with zero attached hydrogens (tertiary/aromatic N) is 3. The van der Waals surface area contributed by atoms with E-state index in [-0.39, 0.29) is 6.42 Å². The minimum Gasteiger partial charge on any atom is -0.479 e. The van der Waals surface area contributed by atoms with Crippen molar-refractivity contribution in [2.45, 2.75) is 19.0 Å². The molecule has 0 aliphatic rings. The van der Waals surface area contributed by atoms with Crippen LogP contribution in [0.2, 0.25) is 5.02 Å². The summed E-state index contributed by atoms with van der Waals surface area (Å²) >= 11 is 5.97. The first-order valence-corrected chi connectivity index (χ1v) is 6.56. The van der Waals surface area contributed by atoms with Crippen molar-refractivity contribution < 1.29 is 14.7 Å². The Morgan fingerprint density at radius 2 is 2.14 bits per heavy atom. The number of nitrogens with one attached hydrogen (secondary N) is 1. The number of hydrogen-bond donors (Lipinski definition) is 2. The van der Waals surface area contributed by atoms with Gasteiger partial charge in [-0.1, -0.05) is 35.0 Å². The summed E-state index contributed by atoms with van der Waals surface area (Å²) in [7, 11) is 0. The second-order valence-corrected chi connectivity index (χ2v) is 4.68. The molecule has 0 bridgehead atoms. The maximum Gasteiger partial charge on any atom is 0.330 e. The number of carbonyl (C=O) groups excluding carboxylic acids is 1. The van der Waals surface area contributed by atoms with Crippen molar-refractivity contribution in [1.29, 1.82) is 0 Å². The Morgan fingerprint density at radius 3 is 2.76 bits per heavy atom. The van der Waals surface area contributed by atoms with Crippen LogP contribution in [0.1, 0.15) is 18.0 Å². The van der Waals surface area contributed by atoms with Crippen LogP contribution in [0.5, 0.6) is 0 Å². The summed E-state index contributed by atoms with van der Waals surface area (Å²) < 4.78 is 1.49. The van der Waals surface area contributed by atoms with Crippen molar-refractivity contribution >= 4 is 23.5 Å². The molecule has 1 heterocycles. The highest BCUT2D eigenvalue weighted by Gasteiger charge is 2.23. The molecular weight excluding hydrogens is 296 g/mol. The Morgan fingerprint density at radius 1 is 1.38 bits per heavy atom. The van der Waals surface area contributed by atoms with Crippen LogP contribution >= 0.6 is 11.6 Å². The van der Waals surface area contributed by atoms with E-state index >= 15 is 0 Å². The minimum absolute atomic E-state index is 0.0948. The number of halogens is 1. The molecule has 0 aliphatic heterocycles. The van der Waals surface area contributed by atoms with E-state index in [1.54, 1.807) is 30.5 Å². The summed E-state index contributed by atoms with van der Waals surface area (Å²) in [6.07, 6.45) is 3.22. The van der Waals surface area contributed by atoms with Crippen LogP contribution in [0.4, 0.5) is 0 Å². The molecule has 0 aliphatic carbocycles. The van der Waals surface area contributed by atoms with Crippen LogP contribution in [0.15, 0.2) is 36.7 Å². The van der Waals surface area contributed by atoms with E-state index in [9.17, 15) is 14.7 Å². The predicted octanol–water partition coefficient (Wildman–Crippen LogP) is 1.26. The highest BCUT2D eigenvalue weighted by molar-refractivity contribution is 6.31. The zero-order valence-corrected chi connectivity index (χ0v) is 11.7. The zero-order chi connectivity index (χ0) is 15.2. The molecule has 0 unspecified atom stereocenters. The quantitative estimate of drug-likeness (QED) is 0.837. The maximum atomic E-state index is 11.9. The van der Waals surface area contributed by atoms with Crippen molar-refractivity contribution in [3.63, 3.8) is 0 Å². The van der Waals surface area contributed by atoms with Gasteiger partial charge in [-0.15, -0.1) is 5.10 Å². The molecule has 21 heavy (non-hydrogen) atoms. The fourth-order valence-electron chi connectivity index (χ4n) is 1.78. The fourth-order valence-corrected chi connectivity index (χ4v) is 2.03. The van der Waals surface area contributed by atoms with Crippen LogP contribution in [-0.4, -0.2) is 32.0 Å². The second-order valence-electron chi connectivity index (χ2n) is 4.28. The van der Waals surface area contributed by atoms with Crippen molar-refractivity contribution in [2.75, 3.05) is 0 Å². The van der Waals surface area contributed by atoms with Gasteiger partial charge < -0.3 is 10.4 Å². The van der Waals surface area contributed by atoms with Gasteiger partial charge in [-0.3, -0.25) is 9.48 Å². The minimum atomic E-state index is -1.18. The number of hydrogen-bond acceptors (Lipinski definition) is 4. The topological polar surface area (TPSA) is 97.1 Å². The average Bonchev–Trinajstić information content (AvgIpc) is 2.96. The number of carboxylic acid groups (broad SMARTS) is 1. The Labute approximate surface area is 125 Å². The summed E-state index contributed by atoms with van der Waals surface area (Å²) in [6, 6.07) is 5.32. The van der Waals surface area contributed by atoms with Gasteiger partial charge in [-0.2, -0.15) is 0 Å². The van der Waals surface area contributed by atoms with Crippen molar-refractivity contribution in [3.05, 3.63) is 47.2 Å². The van der Waals surface area contributed by atoms with E-state index < -0.39 is 17.9 Å². The number of aromatic nitrogens is 3. The molecule has 1 atom stereocenters. The van der Waals surface area contributed by atoms with E-state index in [0.29, 0.717) is 17.1 Å².